The van der Waals surface area contributed by atoms with Gasteiger partial charge >= 0.3 is 0 Å². The Hall–Kier alpha value is -1.37. The van der Waals surface area contributed by atoms with Crippen LogP contribution in [0.2, 0.25) is 10.2 Å². The zero-order chi connectivity index (χ0) is 14.0. The summed E-state index contributed by atoms with van der Waals surface area (Å²) in [6, 6.07) is 6.26. The highest BCUT2D eigenvalue weighted by Crippen LogP contribution is 2.25. The van der Waals surface area contributed by atoms with Crippen LogP contribution in [0.3, 0.4) is 0 Å². The van der Waals surface area contributed by atoms with Gasteiger partial charge in [0.1, 0.15) is 15.9 Å². The summed E-state index contributed by atoms with van der Waals surface area (Å²) >= 11 is 11.4. The first-order valence-corrected chi connectivity index (χ1v) is 7.22. The van der Waals surface area contributed by atoms with Crippen molar-refractivity contribution in [1.82, 2.24) is 4.98 Å². The summed E-state index contributed by atoms with van der Waals surface area (Å²) in [5.41, 5.74) is 0.0889. The van der Waals surface area contributed by atoms with E-state index in [-0.39, 0.29) is 20.8 Å². The molecule has 19 heavy (non-hydrogen) atoms. The van der Waals surface area contributed by atoms with Gasteiger partial charge in [-0.05, 0) is 24.3 Å². The highest BCUT2D eigenvalue weighted by Gasteiger charge is 2.19. The van der Waals surface area contributed by atoms with Crippen LogP contribution in [0.4, 0.5) is 10.1 Å². The average molecular weight is 321 g/mol. The van der Waals surface area contributed by atoms with Gasteiger partial charge in [-0.25, -0.2) is 17.8 Å². The molecule has 1 aromatic heterocycles. The molecule has 0 bridgehead atoms. The van der Waals surface area contributed by atoms with Crippen molar-refractivity contribution in [3.63, 3.8) is 0 Å². The van der Waals surface area contributed by atoms with E-state index >= 15 is 0 Å². The summed E-state index contributed by atoms with van der Waals surface area (Å²) in [5, 5.41) is 0.0126. The molecule has 0 atom stereocenters. The normalized spacial score (nSPS) is 11.3. The molecule has 0 unspecified atom stereocenters. The van der Waals surface area contributed by atoms with Crippen molar-refractivity contribution < 1.29 is 12.8 Å². The van der Waals surface area contributed by atoms with Crippen LogP contribution in [0.15, 0.2) is 41.4 Å². The lowest BCUT2D eigenvalue weighted by Gasteiger charge is -2.09. The molecule has 0 spiro atoms. The zero-order valence-electron chi connectivity index (χ0n) is 9.27. The Bertz CT molecular complexity index is 722. The largest absolute Gasteiger partial charge is 0.279 e. The van der Waals surface area contributed by atoms with Gasteiger partial charge in [0.25, 0.3) is 10.0 Å². The van der Waals surface area contributed by atoms with Gasteiger partial charge in [-0.1, -0.05) is 29.3 Å². The predicted octanol–water partition coefficient (Wildman–Crippen LogP) is 3.33. The minimum Gasteiger partial charge on any atom is -0.279 e. The number of nitrogens with zero attached hydrogens (tertiary/aromatic N) is 1. The first-order chi connectivity index (χ1) is 8.88. The Morgan fingerprint density at radius 3 is 2.58 bits per heavy atom. The van der Waals surface area contributed by atoms with Crippen molar-refractivity contribution in [2.75, 3.05) is 4.72 Å². The maximum absolute atomic E-state index is 13.0. The lowest BCUT2D eigenvalue weighted by molar-refractivity contribution is 0.600. The molecule has 0 saturated carbocycles. The summed E-state index contributed by atoms with van der Waals surface area (Å²) < 4.78 is 39.3. The molecular formula is C11H7Cl2FN2O2S. The van der Waals surface area contributed by atoms with Crippen LogP contribution in [0.1, 0.15) is 0 Å². The van der Waals surface area contributed by atoms with Gasteiger partial charge in [0, 0.05) is 0 Å². The number of nitrogens with one attached hydrogen (secondary N) is 1. The minimum atomic E-state index is -3.95. The summed E-state index contributed by atoms with van der Waals surface area (Å²) in [6.45, 7) is 0. The van der Waals surface area contributed by atoms with Gasteiger partial charge in [0.05, 0.1) is 16.9 Å². The van der Waals surface area contributed by atoms with E-state index in [0.717, 1.165) is 12.3 Å². The second-order valence-electron chi connectivity index (χ2n) is 3.55. The number of pyridine rings is 1. The van der Waals surface area contributed by atoms with Crippen LogP contribution in [0.5, 0.6) is 0 Å². The van der Waals surface area contributed by atoms with E-state index < -0.39 is 15.8 Å². The monoisotopic (exact) mass is 320 g/mol. The molecule has 100 valence electrons. The number of benzene rings is 1. The Labute approximate surface area is 119 Å². The van der Waals surface area contributed by atoms with Crippen molar-refractivity contribution in [2.45, 2.75) is 4.90 Å². The quantitative estimate of drug-likeness (QED) is 0.882. The molecule has 2 rings (SSSR count). The van der Waals surface area contributed by atoms with Crippen LogP contribution < -0.4 is 4.72 Å². The summed E-state index contributed by atoms with van der Waals surface area (Å²) in [4.78, 5) is 3.42. The van der Waals surface area contributed by atoms with Gasteiger partial charge in [-0.2, -0.15) is 0 Å². The van der Waals surface area contributed by atoms with E-state index in [1.165, 1.54) is 24.3 Å². The molecule has 0 saturated heterocycles. The van der Waals surface area contributed by atoms with Crippen molar-refractivity contribution in [3.05, 3.63) is 52.5 Å². The van der Waals surface area contributed by atoms with Crippen molar-refractivity contribution in [3.8, 4) is 0 Å². The summed E-state index contributed by atoms with van der Waals surface area (Å²) in [6.07, 6.45) is 1.03. The lowest BCUT2D eigenvalue weighted by atomic mass is 10.3. The number of hydrogen-bond acceptors (Lipinski definition) is 3. The first kappa shape index (κ1) is 14.0. The van der Waals surface area contributed by atoms with Crippen LogP contribution in [0.25, 0.3) is 0 Å². The van der Waals surface area contributed by atoms with Crippen LogP contribution in [0, 0.1) is 5.82 Å². The topological polar surface area (TPSA) is 59.1 Å². The highest BCUT2D eigenvalue weighted by atomic mass is 35.5. The third-order valence-corrected chi connectivity index (χ3v) is 4.19. The molecule has 1 N–H and O–H groups in total. The van der Waals surface area contributed by atoms with E-state index in [2.05, 4.69) is 9.71 Å². The number of sulfonamides is 1. The molecule has 0 radical (unpaired) electrons. The number of aromatic nitrogens is 1. The molecule has 8 heteroatoms. The number of rotatable bonds is 3. The molecule has 0 aliphatic heterocycles. The predicted molar refractivity (Wildman–Crippen MR) is 71.5 cm³/mol. The second kappa shape index (κ2) is 5.32. The molecule has 0 fully saturated rings. The smallest absolute Gasteiger partial charge is 0.264 e. The van der Waals surface area contributed by atoms with Gasteiger partial charge in [0.2, 0.25) is 0 Å². The summed E-state index contributed by atoms with van der Waals surface area (Å²) in [7, 11) is -3.95. The van der Waals surface area contributed by atoms with Gasteiger partial charge in [-0.15, -0.1) is 0 Å². The van der Waals surface area contributed by atoms with Gasteiger partial charge < -0.3 is 0 Å². The van der Waals surface area contributed by atoms with Gasteiger partial charge in [0.15, 0.2) is 0 Å². The van der Waals surface area contributed by atoms with E-state index in [9.17, 15) is 12.8 Å². The van der Waals surface area contributed by atoms with Crippen LogP contribution in [-0.2, 0) is 10.0 Å². The number of anilines is 1. The van der Waals surface area contributed by atoms with Crippen molar-refractivity contribution >= 4 is 38.9 Å². The number of halogens is 3. The third kappa shape index (κ3) is 3.34. The Balaban J connectivity index is 2.38. The highest BCUT2D eigenvalue weighted by molar-refractivity contribution is 7.92. The molecule has 0 aliphatic carbocycles. The standard InChI is InChI=1S/C11H7Cl2FN2O2S/c12-9-5-11(13)15-6-10(9)19(17,18)16-8-3-1-2-7(14)4-8/h1-6,16H. The van der Waals surface area contributed by atoms with E-state index in [4.69, 9.17) is 23.2 Å². The van der Waals surface area contributed by atoms with E-state index in [1.54, 1.807) is 0 Å². The fourth-order valence-corrected chi connectivity index (χ4v) is 3.08. The first-order valence-electron chi connectivity index (χ1n) is 4.98. The third-order valence-electron chi connectivity index (χ3n) is 2.15. The SMILES string of the molecule is O=S(=O)(Nc1cccc(F)c1)c1cnc(Cl)cc1Cl. The fourth-order valence-electron chi connectivity index (χ4n) is 1.35. The van der Waals surface area contributed by atoms with Crippen molar-refractivity contribution in [1.29, 1.82) is 0 Å². The van der Waals surface area contributed by atoms with Crippen molar-refractivity contribution in [2.24, 2.45) is 0 Å². The molecule has 1 aromatic carbocycles. The Morgan fingerprint density at radius 1 is 1.21 bits per heavy atom. The fraction of sp³-hybridized carbons (Fsp3) is 0. The Kier molecular flexibility index (Phi) is 3.93. The van der Waals surface area contributed by atoms with Crippen LogP contribution >= 0.6 is 23.2 Å². The molecule has 1 heterocycles. The van der Waals surface area contributed by atoms with E-state index in [0.29, 0.717) is 0 Å². The van der Waals surface area contributed by atoms with Crippen LogP contribution in [-0.4, -0.2) is 13.4 Å². The van der Waals surface area contributed by atoms with Gasteiger partial charge in [-0.3, -0.25) is 4.72 Å². The lowest BCUT2D eigenvalue weighted by Crippen LogP contribution is -2.13. The molecular weight excluding hydrogens is 314 g/mol. The molecule has 4 nitrogen and oxygen atoms in total. The number of hydrogen-bond donors (Lipinski definition) is 1. The van der Waals surface area contributed by atoms with E-state index in [1.807, 2.05) is 0 Å². The molecule has 2 aromatic rings. The maximum Gasteiger partial charge on any atom is 0.264 e. The molecule has 0 aliphatic rings. The minimum absolute atomic E-state index is 0.0658. The second-order valence-corrected chi connectivity index (χ2v) is 6.00. The zero-order valence-corrected chi connectivity index (χ0v) is 11.6. The maximum atomic E-state index is 13.0. The average Bonchev–Trinajstić information content (AvgIpc) is 2.27. The summed E-state index contributed by atoms with van der Waals surface area (Å²) in [5.74, 6) is -0.555. The Morgan fingerprint density at radius 2 is 1.95 bits per heavy atom. The molecule has 0 amide bonds.